The molecule has 1 rings (SSSR count). The number of carbonyl (C=O) groups excluding carboxylic acids is 1. The number of benzene rings is 1. The number of rotatable bonds is 8. The van der Waals surface area contributed by atoms with Gasteiger partial charge in [0.05, 0.1) is 0 Å². The van der Waals surface area contributed by atoms with Crippen molar-refractivity contribution in [3.8, 4) is 0 Å². The normalized spacial score (nSPS) is 9.79. The highest BCUT2D eigenvalue weighted by atomic mass is 35.5. The van der Waals surface area contributed by atoms with Crippen LogP contribution in [0.1, 0.15) is 12.8 Å². The summed E-state index contributed by atoms with van der Waals surface area (Å²) in [4.78, 5) is 12.6. The molecule has 1 aromatic rings. The fourth-order valence-electron chi connectivity index (χ4n) is 1.40. The molecule has 0 fully saturated rings. The Labute approximate surface area is 130 Å². The SMILES string of the molecule is CNCCCC(=O)NCCSc1ccc(Cl)cc1.Cl. The maximum absolute atomic E-state index is 11.4. The van der Waals surface area contributed by atoms with Gasteiger partial charge in [0.1, 0.15) is 0 Å². The zero-order chi connectivity index (χ0) is 13.2. The minimum absolute atomic E-state index is 0. The highest BCUT2D eigenvalue weighted by Crippen LogP contribution is 2.19. The second kappa shape index (κ2) is 11.4. The van der Waals surface area contributed by atoms with Crippen molar-refractivity contribution >= 4 is 41.7 Å². The number of carbonyl (C=O) groups is 1. The van der Waals surface area contributed by atoms with E-state index in [1.54, 1.807) is 11.8 Å². The van der Waals surface area contributed by atoms with Crippen molar-refractivity contribution in [1.29, 1.82) is 0 Å². The van der Waals surface area contributed by atoms with Gasteiger partial charge < -0.3 is 10.6 Å². The number of hydrogen-bond donors (Lipinski definition) is 2. The Morgan fingerprint density at radius 1 is 1.26 bits per heavy atom. The molecule has 0 aliphatic carbocycles. The summed E-state index contributed by atoms with van der Waals surface area (Å²) in [6, 6.07) is 7.73. The second-order valence-corrected chi connectivity index (χ2v) is 5.46. The molecular formula is C13H20Cl2N2OS. The minimum Gasteiger partial charge on any atom is -0.355 e. The fraction of sp³-hybridized carbons (Fsp3) is 0.462. The Morgan fingerprint density at radius 3 is 2.58 bits per heavy atom. The van der Waals surface area contributed by atoms with Gasteiger partial charge >= 0.3 is 0 Å². The first kappa shape index (κ1) is 18.6. The summed E-state index contributed by atoms with van der Waals surface area (Å²) in [5, 5.41) is 6.68. The lowest BCUT2D eigenvalue weighted by molar-refractivity contribution is -0.121. The van der Waals surface area contributed by atoms with Crippen LogP contribution in [0.2, 0.25) is 5.02 Å². The minimum atomic E-state index is 0. The fourth-order valence-corrected chi connectivity index (χ4v) is 2.30. The first-order valence-electron chi connectivity index (χ1n) is 6.02. The number of hydrogen-bond acceptors (Lipinski definition) is 3. The first-order chi connectivity index (χ1) is 8.72. The standard InChI is InChI=1S/C13H19ClN2OS.ClH/c1-15-8-2-3-13(17)16-9-10-18-12-6-4-11(14)5-7-12;/h4-7,15H,2-3,8-10H2,1H3,(H,16,17);1H. The number of nitrogens with one attached hydrogen (secondary N) is 2. The smallest absolute Gasteiger partial charge is 0.220 e. The van der Waals surface area contributed by atoms with Crippen molar-refractivity contribution in [1.82, 2.24) is 10.6 Å². The van der Waals surface area contributed by atoms with Crippen LogP contribution >= 0.6 is 35.8 Å². The highest BCUT2D eigenvalue weighted by molar-refractivity contribution is 7.99. The van der Waals surface area contributed by atoms with E-state index in [2.05, 4.69) is 10.6 Å². The first-order valence-corrected chi connectivity index (χ1v) is 7.38. The molecule has 0 aromatic heterocycles. The Bertz CT molecular complexity index is 360. The number of halogens is 2. The Kier molecular flexibility index (Phi) is 11.2. The molecule has 108 valence electrons. The third kappa shape index (κ3) is 9.16. The quantitative estimate of drug-likeness (QED) is 0.571. The van der Waals surface area contributed by atoms with Crippen molar-refractivity contribution in [3.63, 3.8) is 0 Å². The van der Waals surface area contributed by atoms with Gasteiger partial charge in [0, 0.05) is 28.6 Å². The van der Waals surface area contributed by atoms with E-state index in [4.69, 9.17) is 11.6 Å². The zero-order valence-corrected chi connectivity index (χ0v) is 13.3. The maximum Gasteiger partial charge on any atom is 0.220 e. The molecule has 1 aromatic carbocycles. The molecule has 6 heteroatoms. The maximum atomic E-state index is 11.4. The van der Waals surface area contributed by atoms with Crippen molar-refractivity contribution in [2.24, 2.45) is 0 Å². The van der Waals surface area contributed by atoms with Crippen LogP contribution in [0, 0.1) is 0 Å². The van der Waals surface area contributed by atoms with Gasteiger partial charge in [-0.15, -0.1) is 24.2 Å². The molecule has 1 amide bonds. The summed E-state index contributed by atoms with van der Waals surface area (Å²) in [6.45, 7) is 1.58. The van der Waals surface area contributed by atoms with Gasteiger partial charge in [-0.25, -0.2) is 0 Å². The second-order valence-electron chi connectivity index (χ2n) is 3.86. The molecule has 0 radical (unpaired) electrons. The van der Waals surface area contributed by atoms with Crippen LogP contribution in [-0.4, -0.2) is 31.8 Å². The zero-order valence-electron chi connectivity index (χ0n) is 10.9. The Morgan fingerprint density at radius 2 is 1.95 bits per heavy atom. The predicted molar refractivity (Wildman–Crippen MR) is 85.6 cm³/mol. The molecule has 0 heterocycles. The largest absolute Gasteiger partial charge is 0.355 e. The lowest BCUT2D eigenvalue weighted by Gasteiger charge is -2.05. The molecule has 0 aliphatic heterocycles. The van der Waals surface area contributed by atoms with Crippen LogP contribution in [0.15, 0.2) is 29.2 Å². The number of thioether (sulfide) groups is 1. The Hall–Kier alpha value is -0.420. The average Bonchev–Trinajstić information content (AvgIpc) is 2.37. The van der Waals surface area contributed by atoms with Crippen LogP contribution in [0.25, 0.3) is 0 Å². The molecule has 0 unspecified atom stereocenters. The van der Waals surface area contributed by atoms with Gasteiger partial charge in [-0.3, -0.25) is 4.79 Å². The molecular weight excluding hydrogens is 303 g/mol. The van der Waals surface area contributed by atoms with Crippen LogP contribution in [0.4, 0.5) is 0 Å². The van der Waals surface area contributed by atoms with Crippen LogP contribution in [0.5, 0.6) is 0 Å². The van der Waals surface area contributed by atoms with E-state index in [0.717, 1.165) is 23.7 Å². The Balaban J connectivity index is 0.00000324. The summed E-state index contributed by atoms with van der Waals surface area (Å²) < 4.78 is 0. The van der Waals surface area contributed by atoms with E-state index in [0.29, 0.717) is 13.0 Å². The van der Waals surface area contributed by atoms with Crippen molar-refractivity contribution in [3.05, 3.63) is 29.3 Å². The summed E-state index contributed by atoms with van der Waals surface area (Å²) in [5.74, 6) is 1.00. The van der Waals surface area contributed by atoms with Gasteiger partial charge in [-0.1, -0.05) is 11.6 Å². The topological polar surface area (TPSA) is 41.1 Å². The predicted octanol–water partition coefficient (Wildman–Crippen LogP) is 2.97. The lowest BCUT2D eigenvalue weighted by Crippen LogP contribution is -2.26. The monoisotopic (exact) mass is 322 g/mol. The third-order valence-corrected chi connectivity index (χ3v) is 3.60. The van der Waals surface area contributed by atoms with E-state index >= 15 is 0 Å². The summed E-state index contributed by atoms with van der Waals surface area (Å²) in [7, 11) is 1.89. The highest BCUT2D eigenvalue weighted by Gasteiger charge is 2.00. The average molecular weight is 323 g/mol. The lowest BCUT2D eigenvalue weighted by atomic mass is 10.3. The molecule has 0 atom stereocenters. The third-order valence-electron chi connectivity index (χ3n) is 2.34. The molecule has 19 heavy (non-hydrogen) atoms. The van der Waals surface area contributed by atoms with E-state index in [9.17, 15) is 4.79 Å². The molecule has 2 N–H and O–H groups in total. The summed E-state index contributed by atoms with van der Waals surface area (Å²) in [5.41, 5.74) is 0. The molecule has 0 spiro atoms. The molecule has 3 nitrogen and oxygen atoms in total. The van der Waals surface area contributed by atoms with Gasteiger partial charge in [0.15, 0.2) is 0 Å². The van der Waals surface area contributed by atoms with Gasteiger partial charge in [-0.2, -0.15) is 0 Å². The van der Waals surface area contributed by atoms with E-state index in [-0.39, 0.29) is 18.3 Å². The van der Waals surface area contributed by atoms with Crippen molar-refractivity contribution in [2.45, 2.75) is 17.7 Å². The number of amides is 1. The molecule has 0 saturated carbocycles. The van der Waals surface area contributed by atoms with Gasteiger partial charge in [0.2, 0.25) is 5.91 Å². The van der Waals surface area contributed by atoms with Crippen LogP contribution < -0.4 is 10.6 Å². The van der Waals surface area contributed by atoms with Crippen LogP contribution in [0.3, 0.4) is 0 Å². The summed E-state index contributed by atoms with van der Waals surface area (Å²) >= 11 is 7.52. The van der Waals surface area contributed by atoms with E-state index < -0.39 is 0 Å². The van der Waals surface area contributed by atoms with Crippen LogP contribution in [-0.2, 0) is 4.79 Å². The van der Waals surface area contributed by atoms with Crippen molar-refractivity contribution in [2.75, 3.05) is 25.9 Å². The molecule has 0 saturated heterocycles. The molecule has 0 aliphatic rings. The molecule has 0 bridgehead atoms. The van der Waals surface area contributed by atoms with E-state index in [1.165, 1.54) is 4.90 Å². The van der Waals surface area contributed by atoms with E-state index in [1.807, 2.05) is 31.3 Å². The van der Waals surface area contributed by atoms with Gasteiger partial charge in [-0.05, 0) is 44.3 Å². The summed E-state index contributed by atoms with van der Waals surface area (Å²) in [6.07, 6.45) is 1.47. The van der Waals surface area contributed by atoms with Gasteiger partial charge in [0.25, 0.3) is 0 Å². The van der Waals surface area contributed by atoms with Crippen molar-refractivity contribution < 1.29 is 4.79 Å².